The van der Waals surface area contributed by atoms with Crippen molar-refractivity contribution in [3.05, 3.63) is 76.0 Å². The van der Waals surface area contributed by atoms with Gasteiger partial charge in [-0.3, -0.25) is 4.79 Å². The molecule has 0 unspecified atom stereocenters. The minimum Gasteiger partial charge on any atom is -0.748 e. The zero-order chi connectivity index (χ0) is 22.0. The van der Waals surface area contributed by atoms with Gasteiger partial charge in [-0.2, -0.15) is 5.10 Å². The summed E-state index contributed by atoms with van der Waals surface area (Å²) in [7, 11) is -4.24. The zero-order valence-electron chi connectivity index (χ0n) is 17.9. The van der Waals surface area contributed by atoms with Crippen molar-refractivity contribution in [2.24, 2.45) is 0 Å². The summed E-state index contributed by atoms with van der Waals surface area (Å²) in [5.41, 5.74) is 1.50. The number of nitrogens with zero attached hydrogens (tertiary/aromatic N) is 3. The van der Waals surface area contributed by atoms with Gasteiger partial charge in [-0.1, -0.05) is 30.3 Å². The standard InChI is InChI=1S/C22H24FN3O4S.Na/c23-17-7-5-16(6-8-17)15-21-19-3-1-2-4-20(19)22(27)26(24-21)18-9-11-25(12-10-18)13-14-31(28,29)30;/h1-8,18H,9-15H2,(H,28,29,30);/q;+1/p-1. The molecule has 0 saturated carbocycles. The van der Waals surface area contributed by atoms with Gasteiger partial charge >= 0.3 is 29.6 Å². The molecule has 7 nitrogen and oxygen atoms in total. The average molecular weight is 467 g/mol. The van der Waals surface area contributed by atoms with Gasteiger partial charge in [0.05, 0.1) is 33.0 Å². The van der Waals surface area contributed by atoms with Crippen LogP contribution in [-0.2, 0) is 16.5 Å². The van der Waals surface area contributed by atoms with Crippen LogP contribution in [0, 0.1) is 5.82 Å². The van der Waals surface area contributed by atoms with Crippen LogP contribution in [0.25, 0.3) is 10.8 Å². The average Bonchev–Trinajstić information content (AvgIpc) is 2.76. The monoisotopic (exact) mass is 467 g/mol. The molecule has 1 saturated heterocycles. The first-order valence-corrected chi connectivity index (χ1v) is 11.8. The molecule has 32 heavy (non-hydrogen) atoms. The number of hydrogen-bond acceptors (Lipinski definition) is 6. The molecule has 0 atom stereocenters. The van der Waals surface area contributed by atoms with E-state index in [1.54, 1.807) is 22.9 Å². The van der Waals surface area contributed by atoms with Crippen molar-refractivity contribution < 1.29 is 46.9 Å². The van der Waals surface area contributed by atoms with Gasteiger partial charge in [0.1, 0.15) is 5.82 Å². The van der Waals surface area contributed by atoms with Crippen LogP contribution in [-0.4, -0.2) is 53.0 Å². The Labute approximate surface area is 208 Å². The van der Waals surface area contributed by atoms with Crippen molar-refractivity contribution in [3.63, 3.8) is 0 Å². The molecule has 10 heteroatoms. The molecule has 2 aromatic carbocycles. The Morgan fingerprint density at radius 1 is 1.03 bits per heavy atom. The molecular formula is C22H23FN3NaO4S. The van der Waals surface area contributed by atoms with Crippen LogP contribution in [0.3, 0.4) is 0 Å². The summed E-state index contributed by atoms with van der Waals surface area (Å²) in [6.45, 7) is 1.39. The summed E-state index contributed by atoms with van der Waals surface area (Å²) in [5.74, 6) is -0.712. The number of rotatable bonds is 6. The maximum Gasteiger partial charge on any atom is 1.00 e. The molecule has 0 spiro atoms. The summed E-state index contributed by atoms with van der Waals surface area (Å²) < 4.78 is 47.4. The van der Waals surface area contributed by atoms with E-state index < -0.39 is 15.9 Å². The van der Waals surface area contributed by atoms with Gasteiger partial charge in [0.2, 0.25) is 0 Å². The molecule has 0 amide bonds. The Bertz CT molecular complexity index is 1240. The second kappa shape index (κ2) is 10.5. The third-order valence-electron chi connectivity index (χ3n) is 5.75. The van der Waals surface area contributed by atoms with Crippen molar-refractivity contribution >= 4 is 20.9 Å². The second-order valence-electron chi connectivity index (χ2n) is 7.88. The van der Waals surface area contributed by atoms with Gasteiger partial charge in [-0.15, -0.1) is 0 Å². The Balaban J connectivity index is 0.00000289. The number of halogens is 1. The molecule has 4 rings (SSSR count). The molecule has 0 radical (unpaired) electrons. The smallest absolute Gasteiger partial charge is 0.748 e. The van der Waals surface area contributed by atoms with E-state index in [1.165, 1.54) is 12.1 Å². The first-order chi connectivity index (χ1) is 14.8. The van der Waals surface area contributed by atoms with Crippen LogP contribution >= 0.6 is 0 Å². The summed E-state index contributed by atoms with van der Waals surface area (Å²) in [4.78, 5) is 15.1. The Hall–Kier alpha value is -1.62. The molecule has 2 heterocycles. The first-order valence-electron chi connectivity index (χ1n) is 10.2. The molecule has 1 aliphatic rings. The summed E-state index contributed by atoms with van der Waals surface area (Å²) >= 11 is 0. The van der Waals surface area contributed by atoms with Gasteiger partial charge in [0.25, 0.3) is 5.56 Å². The number of piperidine rings is 1. The second-order valence-corrected chi connectivity index (χ2v) is 9.40. The summed E-state index contributed by atoms with van der Waals surface area (Å²) in [5, 5.41) is 6.07. The van der Waals surface area contributed by atoms with Crippen LogP contribution in [0.2, 0.25) is 0 Å². The van der Waals surface area contributed by atoms with E-state index >= 15 is 0 Å². The third-order valence-corrected chi connectivity index (χ3v) is 6.43. The molecular weight excluding hydrogens is 444 g/mol. The van der Waals surface area contributed by atoms with Crippen molar-refractivity contribution in [2.75, 3.05) is 25.4 Å². The predicted octanol–water partition coefficient (Wildman–Crippen LogP) is -0.687. The van der Waals surface area contributed by atoms with Gasteiger partial charge in [0.15, 0.2) is 0 Å². The number of likely N-dealkylation sites (tertiary alicyclic amines) is 1. The third kappa shape index (κ3) is 6.03. The number of fused-ring (bicyclic) bond motifs is 1. The van der Waals surface area contributed by atoms with Crippen molar-refractivity contribution in [2.45, 2.75) is 25.3 Å². The van der Waals surface area contributed by atoms with Crippen LogP contribution in [0.15, 0.2) is 53.3 Å². The van der Waals surface area contributed by atoms with Crippen molar-refractivity contribution in [1.29, 1.82) is 0 Å². The molecule has 0 bridgehead atoms. The Morgan fingerprint density at radius 3 is 2.28 bits per heavy atom. The normalized spacial score (nSPS) is 15.6. The quantitative estimate of drug-likeness (QED) is 0.352. The molecule has 164 valence electrons. The van der Waals surface area contributed by atoms with Crippen molar-refractivity contribution in [1.82, 2.24) is 14.7 Å². The van der Waals surface area contributed by atoms with Crippen LogP contribution in [0.1, 0.15) is 30.1 Å². The SMILES string of the molecule is O=c1c2ccccc2c(Cc2ccc(F)cc2)nn1C1CCN(CCS(=O)(=O)[O-])CC1.[Na+]. The molecule has 3 aromatic rings. The Morgan fingerprint density at radius 2 is 1.66 bits per heavy atom. The minimum atomic E-state index is -4.24. The van der Waals surface area contributed by atoms with E-state index in [-0.39, 0.29) is 53.5 Å². The van der Waals surface area contributed by atoms with E-state index in [1.807, 2.05) is 23.1 Å². The predicted molar refractivity (Wildman–Crippen MR) is 114 cm³/mol. The fourth-order valence-corrected chi connectivity index (χ4v) is 4.56. The van der Waals surface area contributed by atoms with Crippen LogP contribution in [0.5, 0.6) is 0 Å². The fraction of sp³-hybridized carbons (Fsp3) is 0.364. The first kappa shape index (κ1) is 25.0. The number of benzene rings is 2. The maximum absolute atomic E-state index is 13.3. The Kier molecular flexibility index (Phi) is 8.24. The molecule has 0 N–H and O–H groups in total. The van der Waals surface area contributed by atoms with E-state index in [2.05, 4.69) is 0 Å². The molecule has 1 aromatic heterocycles. The summed E-state index contributed by atoms with van der Waals surface area (Å²) in [6, 6.07) is 13.5. The van der Waals surface area contributed by atoms with Gasteiger partial charge < -0.3 is 9.45 Å². The van der Waals surface area contributed by atoms with Gasteiger partial charge in [-0.05, 0) is 36.6 Å². The molecule has 0 aliphatic carbocycles. The van der Waals surface area contributed by atoms with Crippen LogP contribution < -0.4 is 35.1 Å². The van der Waals surface area contributed by atoms with E-state index in [0.717, 1.165) is 16.6 Å². The van der Waals surface area contributed by atoms with E-state index in [0.29, 0.717) is 37.7 Å². The van der Waals surface area contributed by atoms with Crippen LogP contribution in [0.4, 0.5) is 4.39 Å². The van der Waals surface area contributed by atoms with E-state index in [9.17, 15) is 22.2 Å². The molecule has 1 fully saturated rings. The summed E-state index contributed by atoms with van der Waals surface area (Å²) in [6.07, 6.45) is 1.75. The van der Waals surface area contributed by atoms with Gasteiger partial charge in [0, 0.05) is 31.4 Å². The maximum atomic E-state index is 13.3. The fourth-order valence-electron chi connectivity index (χ4n) is 4.08. The molecule has 1 aliphatic heterocycles. The van der Waals surface area contributed by atoms with Gasteiger partial charge in [-0.25, -0.2) is 17.5 Å². The zero-order valence-corrected chi connectivity index (χ0v) is 20.7. The number of hydrogen-bond donors (Lipinski definition) is 0. The minimum absolute atomic E-state index is 0. The van der Waals surface area contributed by atoms with E-state index in [4.69, 9.17) is 5.10 Å². The number of aromatic nitrogens is 2. The van der Waals surface area contributed by atoms with Crippen molar-refractivity contribution in [3.8, 4) is 0 Å². The largest absolute Gasteiger partial charge is 1.00 e. The topological polar surface area (TPSA) is 95.3 Å².